The van der Waals surface area contributed by atoms with Crippen molar-refractivity contribution in [3.8, 4) is 5.75 Å². The van der Waals surface area contributed by atoms with Crippen LogP contribution in [0, 0.1) is 0 Å². The molecular weight excluding hydrogens is 437 g/mol. The Morgan fingerprint density at radius 3 is 2.65 bits per heavy atom. The zero-order valence-electron chi connectivity index (χ0n) is 16.4. The fourth-order valence-electron chi connectivity index (χ4n) is 4.47. The summed E-state index contributed by atoms with van der Waals surface area (Å²) in [5.74, 6) is -1.56. The molecule has 0 spiro atoms. The average molecular weight is 454 g/mol. The van der Waals surface area contributed by atoms with Crippen LogP contribution in [0.2, 0.25) is 10.0 Å². The molecule has 2 unspecified atom stereocenters. The highest BCUT2D eigenvalue weighted by Crippen LogP contribution is 2.50. The van der Waals surface area contributed by atoms with Crippen LogP contribution in [0.5, 0.6) is 5.75 Å². The predicted molar refractivity (Wildman–Crippen MR) is 118 cm³/mol. The summed E-state index contributed by atoms with van der Waals surface area (Å²) in [5.41, 5.74) is 1.98. The smallest absolute Gasteiger partial charge is 0.339 e. The van der Waals surface area contributed by atoms with E-state index in [1.165, 1.54) is 6.07 Å². The van der Waals surface area contributed by atoms with Crippen LogP contribution in [0.3, 0.4) is 0 Å². The Morgan fingerprint density at radius 1 is 1.13 bits per heavy atom. The number of carboxylic acid groups (broad SMARTS) is 1. The van der Waals surface area contributed by atoms with Crippen LogP contribution in [-0.4, -0.2) is 17.0 Å². The van der Waals surface area contributed by atoms with E-state index in [-0.39, 0.29) is 29.6 Å². The Bertz CT molecular complexity index is 1270. The van der Waals surface area contributed by atoms with Gasteiger partial charge in [0.15, 0.2) is 0 Å². The van der Waals surface area contributed by atoms with Crippen LogP contribution in [-0.2, 0) is 16.8 Å². The second-order valence-electron chi connectivity index (χ2n) is 7.86. The normalized spacial score (nSPS) is 20.9. The molecule has 156 valence electrons. The SMILES string of the molecule is CC1c2cc3c(cc2Cl)NC(=O)C3(Cc2cccc(Cl)c2)Oc2c(C(=O)O)cccc21. The molecule has 0 saturated heterocycles. The lowest BCUT2D eigenvalue weighted by molar-refractivity contribution is -0.131. The molecule has 0 saturated carbocycles. The van der Waals surface area contributed by atoms with Gasteiger partial charge in [-0.05, 0) is 41.5 Å². The van der Waals surface area contributed by atoms with E-state index in [1.807, 2.05) is 25.1 Å². The van der Waals surface area contributed by atoms with Gasteiger partial charge in [-0.2, -0.15) is 0 Å². The highest BCUT2D eigenvalue weighted by molar-refractivity contribution is 6.32. The maximum Gasteiger partial charge on any atom is 0.339 e. The summed E-state index contributed by atoms with van der Waals surface area (Å²) in [5, 5.41) is 13.7. The van der Waals surface area contributed by atoms with Crippen molar-refractivity contribution in [1.29, 1.82) is 0 Å². The Hall–Kier alpha value is -3.02. The molecule has 1 amide bonds. The van der Waals surface area contributed by atoms with Gasteiger partial charge in [0.1, 0.15) is 11.3 Å². The largest absolute Gasteiger partial charge is 0.478 e. The van der Waals surface area contributed by atoms with E-state index in [0.717, 1.165) is 11.1 Å². The number of anilines is 1. The summed E-state index contributed by atoms with van der Waals surface area (Å²) in [4.78, 5) is 25.4. The first-order valence-electron chi connectivity index (χ1n) is 9.75. The molecule has 2 bridgehead atoms. The van der Waals surface area contributed by atoms with E-state index in [2.05, 4.69) is 5.32 Å². The minimum Gasteiger partial charge on any atom is -0.478 e. The second-order valence-corrected chi connectivity index (χ2v) is 8.70. The maximum absolute atomic E-state index is 13.4. The number of hydrogen-bond donors (Lipinski definition) is 2. The van der Waals surface area contributed by atoms with Gasteiger partial charge in [-0.25, -0.2) is 4.79 Å². The number of ether oxygens (including phenoxy) is 1. The van der Waals surface area contributed by atoms with Gasteiger partial charge in [-0.3, -0.25) is 4.79 Å². The summed E-state index contributed by atoms with van der Waals surface area (Å²) in [6.07, 6.45) is 0.176. The number of carbonyl (C=O) groups is 2. The third-order valence-electron chi connectivity index (χ3n) is 6.01. The molecule has 5 nitrogen and oxygen atoms in total. The fraction of sp³-hybridized carbons (Fsp3) is 0.167. The van der Waals surface area contributed by atoms with Gasteiger partial charge in [0, 0.05) is 33.5 Å². The van der Waals surface area contributed by atoms with Crippen LogP contribution in [0.15, 0.2) is 54.6 Å². The van der Waals surface area contributed by atoms with Crippen LogP contribution < -0.4 is 10.1 Å². The van der Waals surface area contributed by atoms with Crippen molar-refractivity contribution in [3.63, 3.8) is 0 Å². The molecule has 0 aromatic heterocycles. The monoisotopic (exact) mass is 453 g/mol. The predicted octanol–water partition coefficient (Wildman–Crippen LogP) is 5.63. The van der Waals surface area contributed by atoms with Crippen LogP contribution in [0.4, 0.5) is 5.69 Å². The number of rotatable bonds is 3. The van der Waals surface area contributed by atoms with Gasteiger partial charge in [0.25, 0.3) is 5.91 Å². The van der Waals surface area contributed by atoms with Gasteiger partial charge < -0.3 is 15.2 Å². The molecule has 2 atom stereocenters. The quantitative estimate of drug-likeness (QED) is 0.538. The zero-order valence-corrected chi connectivity index (χ0v) is 17.9. The third kappa shape index (κ3) is 2.99. The van der Waals surface area contributed by atoms with E-state index in [4.69, 9.17) is 27.9 Å². The molecule has 31 heavy (non-hydrogen) atoms. The molecule has 2 heterocycles. The van der Waals surface area contributed by atoms with E-state index < -0.39 is 11.6 Å². The summed E-state index contributed by atoms with van der Waals surface area (Å²) in [6, 6.07) is 15.8. The maximum atomic E-state index is 13.4. The molecular formula is C24H17Cl2NO4. The van der Waals surface area contributed by atoms with E-state index in [1.54, 1.807) is 30.3 Å². The number of carboxylic acids is 1. The van der Waals surface area contributed by atoms with Crippen molar-refractivity contribution in [2.24, 2.45) is 0 Å². The molecule has 3 aromatic carbocycles. The van der Waals surface area contributed by atoms with Gasteiger partial charge >= 0.3 is 5.97 Å². The Labute approximate surface area is 188 Å². The number of para-hydroxylation sites is 1. The highest BCUT2D eigenvalue weighted by Gasteiger charge is 2.51. The molecule has 5 rings (SSSR count). The Morgan fingerprint density at radius 2 is 1.90 bits per heavy atom. The van der Waals surface area contributed by atoms with Crippen molar-refractivity contribution < 1.29 is 19.4 Å². The number of amides is 1. The fourth-order valence-corrected chi connectivity index (χ4v) is 5.01. The molecule has 0 radical (unpaired) electrons. The van der Waals surface area contributed by atoms with Crippen LogP contribution in [0.25, 0.3) is 0 Å². The lowest BCUT2D eigenvalue weighted by Crippen LogP contribution is -2.43. The summed E-state index contributed by atoms with van der Waals surface area (Å²) >= 11 is 12.7. The third-order valence-corrected chi connectivity index (χ3v) is 6.58. The number of aromatic carboxylic acids is 1. The number of carbonyl (C=O) groups excluding carboxylic acids is 1. The lowest BCUT2D eigenvalue weighted by atomic mass is 9.82. The Balaban J connectivity index is 1.81. The molecule has 0 aliphatic carbocycles. The number of fused-ring (bicyclic) bond motifs is 2. The highest BCUT2D eigenvalue weighted by atomic mass is 35.5. The lowest BCUT2D eigenvalue weighted by Gasteiger charge is -2.34. The number of hydrogen-bond acceptors (Lipinski definition) is 3. The summed E-state index contributed by atoms with van der Waals surface area (Å²) in [6.45, 7) is 1.94. The van der Waals surface area contributed by atoms with Crippen molar-refractivity contribution in [1.82, 2.24) is 0 Å². The number of nitrogens with one attached hydrogen (secondary N) is 1. The standard InChI is InChI=1S/C24H17Cl2NO4/c1-12-15-6-3-7-16(22(28)29)21(15)31-24(11-13-4-2-5-14(25)8-13)18-9-17(12)19(26)10-20(18)27-23(24)30/h2-10,12H,11H2,1H3,(H,27,30)(H,28,29). The Kier molecular flexibility index (Phi) is 4.50. The second kappa shape index (κ2) is 7.01. The van der Waals surface area contributed by atoms with Crippen LogP contribution >= 0.6 is 23.2 Å². The molecule has 2 N–H and O–H groups in total. The van der Waals surface area contributed by atoms with Crippen molar-refractivity contribution in [3.05, 3.63) is 92.5 Å². The molecule has 3 aromatic rings. The number of benzene rings is 3. The van der Waals surface area contributed by atoms with Gasteiger partial charge in [-0.1, -0.05) is 54.4 Å². The minimum absolute atomic E-state index is 0.00246. The summed E-state index contributed by atoms with van der Waals surface area (Å²) < 4.78 is 6.44. The molecule has 2 aliphatic rings. The minimum atomic E-state index is -1.46. The van der Waals surface area contributed by atoms with Gasteiger partial charge in [0.05, 0.1) is 5.69 Å². The van der Waals surface area contributed by atoms with E-state index in [0.29, 0.717) is 26.9 Å². The number of halogens is 2. The van der Waals surface area contributed by atoms with Crippen molar-refractivity contribution >= 4 is 40.8 Å². The molecule has 2 aliphatic heterocycles. The van der Waals surface area contributed by atoms with Gasteiger partial charge in [0.2, 0.25) is 5.60 Å². The average Bonchev–Trinajstić information content (AvgIpc) is 2.95. The first kappa shape index (κ1) is 19.9. The van der Waals surface area contributed by atoms with E-state index >= 15 is 0 Å². The van der Waals surface area contributed by atoms with Gasteiger partial charge in [-0.15, -0.1) is 0 Å². The topological polar surface area (TPSA) is 75.6 Å². The summed E-state index contributed by atoms with van der Waals surface area (Å²) in [7, 11) is 0. The van der Waals surface area contributed by atoms with Crippen molar-refractivity contribution in [2.45, 2.75) is 24.9 Å². The first-order valence-corrected chi connectivity index (χ1v) is 10.5. The zero-order chi connectivity index (χ0) is 21.9. The van der Waals surface area contributed by atoms with Crippen LogP contribution in [0.1, 0.15) is 45.5 Å². The first-order chi connectivity index (χ1) is 14.8. The van der Waals surface area contributed by atoms with Crippen molar-refractivity contribution in [2.75, 3.05) is 5.32 Å². The van der Waals surface area contributed by atoms with E-state index in [9.17, 15) is 14.7 Å². The molecule has 7 heteroatoms. The molecule has 0 fully saturated rings.